The Bertz CT molecular complexity index is 477. The monoisotopic (exact) mass is 342 g/mol. The van der Waals surface area contributed by atoms with E-state index in [1.165, 1.54) is 7.11 Å². The van der Waals surface area contributed by atoms with Crippen molar-refractivity contribution in [3.05, 3.63) is 28.5 Å². The standard InChI is InChI=1S/C14H19BrN2O3/c1-10(2)9-17(7-5-13(18)20-3)14(19)11-4-6-16-12(15)8-11/h4,6,8,10H,5,7,9H2,1-3H3. The number of carbonyl (C=O) groups is 2. The van der Waals surface area contributed by atoms with Crippen LogP contribution in [0, 0.1) is 5.92 Å². The Morgan fingerprint density at radius 1 is 1.45 bits per heavy atom. The first-order chi connectivity index (χ1) is 9.43. The minimum atomic E-state index is -0.317. The molecule has 0 aromatic carbocycles. The van der Waals surface area contributed by atoms with Gasteiger partial charge in [-0.1, -0.05) is 13.8 Å². The van der Waals surface area contributed by atoms with Crippen molar-refractivity contribution in [2.75, 3.05) is 20.2 Å². The molecular weight excluding hydrogens is 324 g/mol. The van der Waals surface area contributed by atoms with Crippen LogP contribution in [-0.4, -0.2) is 42.0 Å². The zero-order valence-corrected chi connectivity index (χ0v) is 13.5. The van der Waals surface area contributed by atoms with Crippen molar-refractivity contribution in [1.82, 2.24) is 9.88 Å². The van der Waals surface area contributed by atoms with Crippen molar-refractivity contribution >= 4 is 27.8 Å². The zero-order chi connectivity index (χ0) is 15.1. The Morgan fingerprint density at radius 2 is 2.15 bits per heavy atom. The van der Waals surface area contributed by atoms with E-state index in [4.69, 9.17) is 0 Å². The molecule has 20 heavy (non-hydrogen) atoms. The van der Waals surface area contributed by atoms with Crippen LogP contribution in [0.1, 0.15) is 30.6 Å². The van der Waals surface area contributed by atoms with Gasteiger partial charge in [0.05, 0.1) is 13.5 Å². The highest BCUT2D eigenvalue weighted by Gasteiger charge is 2.18. The van der Waals surface area contributed by atoms with E-state index in [2.05, 4.69) is 25.7 Å². The maximum atomic E-state index is 12.5. The van der Waals surface area contributed by atoms with Gasteiger partial charge in [-0.15, -0.1) is 0 Å². The second-order valence-corrected chi connectivity index (χ2v) is 5.65. The topological polar surface area (TPSA) is 59.5 Å². The molecule has 5 nitrogen and oxygen atoms in total. The summed E-state index contributed by atoms with van der Waals surface area (Å²) in [5.41, 5.74) is 0.553. The van der Waals surface area contributed by atoms with Crippen molar-refractivity contribution in [2.24, 2.45) is 5.92 Å². The van der Waals surface area contributed by atoms with Crippen molar-refractivity contribution in [2.45, 2.75) is 20.3 Å². The number of methoxy groups -OCH3 is 1. The van der Waals surface area contributed by atoms with E-state index in [0.29, 0.717) is 29.2 Å². The minimum absolute atomic E-state index is 0.106. The Kier molecular flexibility index (Phi) is 6.64. The molecule has 0 spiro atoms. The molecule has 1 heterocycles. The summed E-state index contributed by atoms with van der Waals surface area (Å²) in [6.45, 7) is 5.00. The first kappa shape index (κ1) is 16.6. The van der Waals surface area contributed by atoms with Crippen LogP contribution in [0.5, 0.6) is 0 Å². The number of amides is 1. The maximum absolute atomic E-state index is 12.5. The van der Waals surface area contributed by atoms with Gasteiger partial charge in [-0.2, -0.15) is 0 Å². The highest BCUT2D eigenvalue weighted by Crippen LogP contribution is 2.12. The van der Waals surface area contributed by atoms with Crippen LogP contribution in [0.4, 0.5) is 0 Å². The summed E-state index contributed by atoms with van der Waals surface area (Å²) < 4.78 is 5.23. The number of carbonyl (C=O) groups excluding carboxylic acids is 2. The third-order valence-electron chi connectivity index (χ3n) is 2.66. The van der Waals surface area contributed by atoms with Crippen LogP contribution in [0.25, 0.3) is 0 Å². The largest absolute Gasteiger partial charge is 0.469 e. The molecule has 110 valence electrons. The summed E-state index contributed by atoms with van der Waals surface area (Å²) in [7, 11) is 1.34. The molecule has 0 fully saturated rings. The fourth-order valence-corrected chi connectivity index (χ4v) is 2.13. The van der Waals surface area contributed by atoms with E-state index in [1.807, 2.05) is 13.8 Å². The van der Waals surface area contributed by atoms with Crippen molar-refractivity contribution in [1.29, 1.82) is 0 Å². The third-order valence-corrected chi connectivity index (χ3v) is 3.09. The summed E-state index contributed by atoms with van der Waals surface area (Å²) in [4.78, 5) is 29.4. The molecule has 1 aromatic heterocycles. The number of hydrogen-bond donors (Lipinski definition) is 0. The zero-order valence-electron chi connectivity index (χ0n) is 11.9. The summed E-state index contributed by atoms with van der Waals surface area (Å²) in [5, 5.41) is 0. The Balaban J connectivity index is 2.81. The lowest BCUT2D eigenvalue weighted by Crippen LogP contribution is -2.36. The quantitative estimate of drug-likeness (QED) is 0.588. The number of nitrogens with zero attached hydrogens (tertiary/aromatic N) is 2. The van der Waals surface area contributed by atoms with Crippen LogP contribution in [0.15, 0.2) is 22.9 Å². The molecule has 0 saturated carbocycles. The second kappa shape index (κ2) is 7.99. The lowest BCUT2D eigenvalue weighted by molar-refractivity contribution is -0.140. The van der Waals surface area contributed by atoms with Gasteiger partial charge in [0, 0.05) is 24.8 Å². The first-order valence-corrected chi connectivity index (χ1v) is 7.21. The molecule has 0 N–H and O–H groups in total. The molecule has 0 radical (unpaired) electrons. The van der Waals surface area contributed by atoms with E-state index >= 15 is 0 Å². The van der Waals surface area contributed by atoms with Gasteiger partial charge < -0.3 is 9.64 Å². The third kappa shape index (κ3) is 5.28. The van der Waals surface area contributed by atoms with Crippen LogP contribution < -0.4 is 0 Å². The predicted octanol–water partition coefficient (Wildman–Crippen LogP) is 2.51. The van der Waals surface area contributed by atoms with Crippen molar-refractivity contribution in [3.8, 4) is 0 Å². The molecule has 0 atom stereocenters. The molecule has 0 aliphatic carbocycles. The first-order valence-electron chi connectivity index (χ1n) is 6.41. The van der Waals surface area contributed by atoms with Gasteiger partial charge in [0.25, 0.3) is 5.91 Å². The average molecular weight is 343 g/mol. The fraction of sp³-hybridized carbons (Fsp3) is 0.500. The van der Waals surface area contributed by atoms with Crippen molar-refractivity contribution < 1.29 is 14.3 Å². The number of hydrogen-bond acceptors (Lipinski definition) is 4. The normalized spacial score (nSPS) is 10.4. The smallest absolute Gasteiger partial charge is 0.307 e. The number of aromatic nitrogens is 1. The van der Waals surface area contributed by atoms with Gasteiger partial charge in [-0.3, -0.25) is 9.59 Å². The highest BCUT2D eigenvalue weighted by atomic mass is 79.9. The lowest BCUT2D eigenvalue weighted by atomic mass is 10.1. The Hall–Kier alpha value is -1.43. The molecular formula is C14H19BrN2O3. The molecule has 1 aromatic rings. The van der Waals surface area contributed by atoms with Gasteiger partial charge in [-0.25, -0.2) is 4.98 Å². The summed E-state index contributed by atoms with van der Waals surface area (Å²) in [6, 6.07) is 3.34. The number of pyridine rings is 1. The van der Waals surface area contributed by atoms with Crippen LogP contribution >= 0.6 is 15.9 Å². The molecule has 0 aliphatic heterocycles. The number of ether oxygens (including phenoxy) is 1. The van der Waals surface area contributed by atoms with E-state index in [9.17, 15) is 9.59 Å². The SMILES string of the molecule is COC(=O)CCN(CC(C)C)C(=O)c1ccnc(Br)c1. The summed E-state index contributed by atoms with van der Waals surface area (Å²) in [5.74, 6) is -0.102. The van der Waals surface area contributed by atoms with Crippen LogP contribution in [0.2, 0.25) is 0 Å². The molecule has 0 aliphatic rings. The highest BCUT2D eigenvalue weighted by molar-refractivity contribution is 9.10. The van der Waals surface area contributed by atoms with Gasteiger partial charge in [0.15, 0.2) is 0 Å². The molecule has 1 amide bonds. The molecule has 1 rings (SSSR count). The van der Waals surface area contributed by atoms with Gasteiger partial charge in [0.1, 0.15) is 4.60 Å². The maximum Gasteiger partial charge on any atom is 0.307 e. The molecule has 0 saturated heterocycles. The molecule has 0 bridgehead atoms. The average Bonchev–Trinajstić information content (AvgIpc) is 2.41. The van der Waals surface area contributed by atoms with Crippen LogP contribution in [0.3, 0.4) is 0 Å². The van der Waals surface area contributed by atoms with Crippen LogP contribution in [-0.2, 0) is 9.53 Å². The number of rotatable bonds is 6. The van der Waals surface area contributed by atoms with Gasteiger partial charge in [0.2, 0.25) is 0 Å². The summed E-state index contributed by atoms with van der Waals surface area (Å²) >= 11 is 3.25. The predicted molar refractivity (Wildman–Crippen MR) is 79.3 cm³/mol. The van der Waals surface area contributed by atoms with Gasteiger partial charge in [-0.05, 0) is 34.0 Å². The van der Waals surface area contributed by atoms with E-state index in [-0.39, 0.29) is 18.3 Å². The lowest BCUT2D eigenvalue weighted by Gasteiger charge is -2.24. The second-order valence-electron chi connectivity index (χ2n) is 4.84. The summed E-state index contributed by atoms with van der Waals surface area (Å²) in [6.07, 6.45) is 1.77. The Labute approximate surface area is 127 Å². The molecule has 0 unspecified atom stereocenters. The van der Waals surface area contributed by atoms with Gasteiger partial charge >= 0.3 is 5.97 Å². The van der Waals surface area contributed by atoms with Crippen molar-refractivity contribution in [3.63, 3.8) is 0 Å². The Morgan fingerprint density at radius 3 is 2.70 bits per heavy atom. The van der Waals surface area contributed by atoms with E-state index in [1.54, 1.807) is 23.2 Å². The van der Waals surface area contributed by atoms with E-state index in [0.717, 1.165) is 0 Å². The number of esters is 1. The number of halogens is 1. The molecule has 6 heteroatoms. The van der Waals surface area contributed by atoms with E-state index < -0.39 is 0 Å². The minimum Gasteiger partial charge on any atom is -0.469 e. The fourth-order valence-electron chi connectivity index (χ4n) is 1.76.